The number of carbonyl (C=O) groups excluding carboxylic acids is 1. The number of aldehydes is 1. The first-order valence-electron chi connectivity index (χ1n) is 9.73. The molecule has 0 radical (unpaired) electrons. The van der Waals surface area contributed by atoms with Crippen LogP contribution in [-0.4, -0.2) is 32.5 Å². The van der Waals surface area contributed by atoms with Crippen molar-refractivity contribution in [3.63, 3.8) is 0 Å². The third-order valence-electron chi connectivity index (χ3n) is 5.05. The molecule has 0 aliphatic rings. The molecular formula is C22H27NO6S. The van der Waals surface area contributed by atoms with Gasteiger partial charge in [0.15, 0.2) is 9.84 Å². The lowest BCUT2D eigenvalue weighted by Crippen LogP contribution is -2.29. The van der Waals surface area contributed by atoms with Gasteiger partial charge in [0, 0.05) is 17.5 Å². The third kappa shape index (κ3) is 5.89. The molecule has 1 unspecified atom stereocenters. The van der Waals surface area contributed by atoms with Gasteiger partial charge in [0.05, 0.1) is 22.7 Å². The lowest BCUT2D eigenvalue weighted by atomic mass is 9.89. The zero-order valence-corrected chi connectivity index (χ0v) is 18.3. The molecule has 0 spiro atoms. The number of nitro groups is 1. The minimum absolute atomic E-state index is 0.0218. The molecule has 7 nitrogen and oxygen atoms in total. The number of nitrogens with zero attached hydrogens (tertiary/aromatic N) is 1. The maximum Gasteiger partial charge on any atom is 0.269 e. The first-order chi connectivity index (χ1) is 14.1. The minimum atomic E-state index is -3.85. The van der Waals surface area contributed by atoms with E-state index < -0.39 is 20.2 Å². The van der Waals surface area contributed by atoms with Gasteiger partial charge in [-0.1, -0.05) is 38.8 Å². The standard InChI is InChI=1S/C22H27NO6S/c1-4-5-12-22(2,15-24)16-30(27,28)21-11-8-19(23(25)26)14-18(21)13-17-6-9-20(29-3)10-7-17/h6-11,14-15H,4-5,12-13,16H2,1-3H3. The van der Waals surface area contributed by atoms with E-state index in [1.54, 1.807) is 38.3 Å². The molecule has 0 aromatic heterocycles. The number of benzene rings is 2. The van der Waals surface area contributed by atoms with Gasteiger partial charge >= 0.3 is 0 Å². The van der Waals surface area contributed by atoms with Crippen molar-refractivity contribution in [2.24, 2.45) is 5.41 Å². The van der Waals surface area contributed by atoms with E-state index in [1.807, 2.05) is 6.92 Å². The molecular weight excluding hydrogens is 406 g/mol. The maximum atomic E-state index is 13.2. The van der Waals surface area contributed by atoms with E-state index in [9.17, 15) is 23.3 Å². The fourth-order valence-corrected chi connectivity index (χ4v) is 5.38. The van der Waals surface area contributed by atoms with E-state index >= 15 is 0 Å². The molecule has 0 aliphatic heterocycles. The molecule has 2 rings (SSSR count). The SMILES string of the molecule is CCCCC(C)(C=O)CS(=O)(=O)c1ccc([N+](=O)[O-])cc1Cc1ccc(OC)cc1. The summed E-state index contributed by atoms with van der Waals surface area (Å²) in [7, 11) is -2.30. The van der Waals surface area contributed by atoms with Crippen molar-refractivity contribution < 1.29 is 22.9 Å². The molecule has 0 saturated carbocycles. The first kappa shape index (κ1) is 23.5. The Morgan fingerprint density at radius 2 is 1.83 bits per heavy atom. The topological polar surface area (TPSA) is 104 Å². The third-order valence-corrected chi connectivity index (χ3v) is 7.16. The van der Waals surface area contributed by atoms with Crippen LogP contribution >= 0.6 is 0 Å². The monoisotopic (exact) mass is 433 g/mol. The minimum Gasteiger partial charge on any atom is -0.497 e. The van der Waals surface area contributed by atoms with Crippen molar-refractivity contribution in [1.29, 1.82) is 0 Å². The maximum absolute atomic E-state index is 13.2. The summed E-state index contributed by atoms with van der Waals surface area (Å²) in [4.78, 5) is 22.4. The smallest absolute Gasteiger partial charge is 0.269 e. The highest BCUT2D eigenvalue weighted by Crippen LogP contribution is 2.31. The van der Waals surface area contributed by atoms with Gasteiger partial charge in [-0.05, 0) is 42.2 Å². The second-order valence-electron chi connectivity index (χ2n) is 7.71. The fourth-order valence-electron chi connectivity index (χ4n) is 3.34. The predicted molar refractivity (Wildman–Crippen MR) is 115 cm³/mol. The van der Waals surface area contributed by atoms with E-state index in [-0.39, 0.29) is 22.8 Å². The molecule has 162 valence electrons. The van der Waals surface area contributed by atoms with Crippen LogP contribution < -0.4 is 4.74 Å². The summed E-state index contributed by atoms with van der Waals surface area (Å²) >= 11 is 0. The summed E-state index contributed by atoms with van der Waals surface area (Å²) in [5.41, 5.74) is -0.0647. The van der Waals surface area contributed by atoms with Gasteiger partial charge in [-0.15, -0.1) is 0 Å². The van der Waals surface area contributed by atoms with E-state index in [1.165, 1.54) is 18.2 Å². The van der Waals surface area contributed by atoms with Gasteiger partial charge in [-0.2, -0.15) is 0 Å². The lowest BCUT2D eigenvalue weighted by Gasteiger charge is -2.23. The largest absolute Gasteiger partial charge is 0.497 e. The van der Waals surface area contributed by atoms with Gasteiger partial charge < -0.3 is 9.53 Å². The number of hydrogen-bond donors (Lipinski definition) is 0. The van der Waals surface area contributed by atoms with Gasteiger partial charge in [0.2, 0.25) is 0 Å². The Morgan fingerprint density at radius 3 is 2.37 bits per heavy atom. The molecule has 2 aromatic carbocycles. The Kier molecular flexibility index (Phi) is 7.72. The molecule has 2 aromatic rings. The summed E-state index contributed by atoms with van der Waals surface area (Å²) in [6.45, 7) is 3.62. The zero-order chi connectivity index (χ0) is 22.4. The molecule has 0 amide bonds. The van der Waals surface area contributed by atoms with Crippen LogP contribution in [0.5, 0.6) is 5.75 Å². The number of sulfone groups is 1. The quantitative estimate of drug-likeness (QED) is 0.296. The van der Waals surface area contributed by atoms with Crippen LogP contribution in [-0.2, 0) is 21.1 Å². The average molecular weight is 434 g/mol. The van der Waals surface area contributed by atoms with E-state index in [0.717, 1.165) is 18.4 Å². The van der Waals surface area contributed by atoms with Gasteiger partial charge in [-0.25, -0.2) is 8.42 Å². The van der Waals surface area contributed by atoms with Gasteiger partial charge in [-0.3, -0.25) is 10.1 Å². The summed E-state index contributed by atoms with van der Waals surface area (Å²) in [5.74, 6) is 0.319. The molecule has 0 bridgehead atoms. The second kappa shape index (κ2) is 9.84. The summed E-state index contributed by atoms with van der Waals surface area (Å²) in [6.07, 6.45) is 2.96. The van der Waals surface area contributed by atoms with Crippen molar-refractivity contribution >= 4 is 21.8 Å². The molecule has 30 heavy (non-hydrogen) atoms. The van der Waals surface area contributed by atoms with Crippen molar-refractivity contribution in [3.05, 3.63) is 63.7 Å². The normalized spacial score (nSPS) is 13.4. The second-order valence-corrected chi connectivity index (χ2v) is 9.67. The van der Waals surface area contributed by atoms with E-state index in [4.69, 9.17) is 4.74 Å². The number of ether oxygens (including phenoxy) is 1. The van der Waals surface area contributed by atoms with Crippen LogP contribution in [0.1, 0.15) is 44.2 Å². The van der Waals surface area contributed by atoms with Crippen molar-refractivity contribution in [2.45, 2.75) is 44.4 Å². The van der Waals surface area contributed by atoms with Crippen LogP contribution in [0, 0.1) is 15.5 Å². The zero-order valence-electron chi connectivity index (χ0n) is 17.5. The molecule has 0 fully saturated rings. The molecule has 8 heteroatoms. The highest BCUT2D eigenvalue weighted by atomic mass is 32.2. The summed E-state index contributed by atoms with van der Waals surface area (Å²) < 4.78 is 31.6. The Morgan fingerprint density at radius 1 is 1.17 bits per heavy atom. The van der Waals surface area contributed by atoms with Crippen LogP contribution in [0.3, 0.4) is 0 Å². The van der Waals surface area contributed by atoms with Crippen LogP contribution in [0.4, 0.5) is 5.69 Å². The van der Waals surface area contributed by atoms with Gasteiger partial charge in [0.25, 0.3) is 5.69 Å². The number of nitro benzene ring substituents is 1. The molecule has 0 N–H and O–H groups in total. The predicted octanol–water partition coefficient (Wildman–Crippen LogP) is 4.36. The number of rotatable bonds is 11. The highest BCUT2D eigenvalue weighted by molar-refractivity contribution is 7.91. The number of unbranched alkanes of at least 4 members (excludes halogenated alkanes) is 1. The molecule has 0 saturated heterocycles. The molecule has 1 atom stereocenters. The molecule has 0 aliphatic carbocycles. The summed E-state index contributed by atoms with van der Waals surface area (Å²) in [6, 6.07) is 10.8. The van der Waals surface area contributed by atoms with Crippen LogP contribution in [0.15, 0.2) is 47.4 Å². The van der Waals surface area contributed by atoms with E-state index in [2.05, 4.69) is 0 Å². The number of hydrogen-bond acceptors (Lipinski definition) is 6. The number of non-ortho nitro benzene ring substituents is 1. The van der Waals surface area contributed by atoms with Crippen molar-refractivity contribution in [2.75, 3.05) is 12.9 Å². The Bertz CT molecular complexity index is 1000. The van der Waals surface area contributed by atoms with Gasteiger partial charge in [0.1, 0.15) is 12.0 Å². The van der Waals surface area contributed by atoms with Crippen molar-refractivity contribution in [3.8, 4) is 5.75 Å². The number of carbonyl (C=O) groups is 1. The van der Waals surface area contributed by atoms with Crippen molar-refractivity contribution in [1.82, 2.24) is 0 Å². The summed E-state index contributed by atoms with van der Waals surface area (Å²) in [5, 5.41) is 11.2. The van der Waals surface area contributed by atoms with Crippen LogP contribution in [0.25, 0.3) is 0 Å². The Balaban J connectivity index is 2.46. The lowest BCUT2D eigenvalue weighted by molar-refractivity contribution is -0.385. The molecule has 0 heterocycles. The Hall–Kier alpha value is -2.74. The average Bonchev–Trinajstić information content (AvgIpc) is 2.72. The highest BCUT2D eigenvalue weighted by Gasteiger charge is 2.32. The first-order valence-corrected chi connectivity index (χ1v) is 11.4. The van der Waals surface area contributed by atoms with E-state index in [0.29, 0.717) is 24.0 Å². The number of methoxy groups -OCH3 is 1. The fraction of sp³-hybridized carbons (Fsp3) is 0.409. The Labute approximate surface area is 177 Å². The van der Waals surface area contributed by atoms with Crippen LogP contribution in [0.2, 0.25) is 0 Å².